The van der Waals surface area contributed by atoms with E-state index in [2.05, 4.69) is 78.6 Å². The minimum atomic E-state index is -0.295. The van der Waals surface area contributed by atoms with Crippen molar-refractivity contribution in [3.05, 3.63) is 89.5 Å². The summed E-state index contributed by atoms with van der Waals surface area (Å²) < 4.78 is 0. The fourth-order valence-corrected chi connectivity index (χ4v) is 3.46. The lowest BCUT2D eigenvalue weighted by molar-refractivity contribution is 0.742. The van der Waals surface area contributed by atoms with Crippen molar-refractivity contribution < 1.29 is 0 Å². The van der Waals surface area contributed by atoms with Crippen molar-refractivity contribution in [3.8, 4) is 17.2 Å². The van der Waals surface area contributed by atoms with E-state index in [9.17, 15) is 5.26 Å². The third-order valence-electron chi connectivity index (χ3n) is 4.70. The topological polar surface area (TPSA) is 27.0 Å². The highest BCUT2D eigenvalue weighted by Crippen LogP contribution is 2.40. The van der Waals surface area contributed by atoms with Gasteiger partial charge in [-0.25, -0.2) is 0 Å². The van der Waals surface area contributed by atoms with E-state index >= 15 is 0 Å². The van der Waals surface area contributed by atoms with E-state index in [0.717, 1.165) is 23.4 Å². The van der Waals surface area contributed by atoms with Gasteiger partial charge in [-0.2, -0.15) is 5.26 Å². The van der Waals surface area contributed by atoms with Crippen LogP contribution < -0.4 is 4.90 Å². The van der Waals surface area contributed by atoms with Crippen molar-refractivity contribution in [2.24, 2.45) is 0 Å². The SMILES string of the molecule is Cc1ccc(N2Cc3ccccc3-c3ccccc3C2C#N)cc1. The summed E-state index contributed by atoms with van der Waals surface area (Å²) in [6.45, 7) is 2.81. The zero-order valence-corrected chi connectivity index (χ0v) is 13.6. The second-order valence-corrected chi connectivity index (χ2v) is 6.24. The molecule has 3 aromatic carbocycles. The molecule has 0 radical (unpaired) electrons. The number of fused-ring (bicyclic) bond motifs is 3. The van der Waals surface area contributed by atoms with Crippen LogP contribution in [0.3, 0.4) is 0 Å². The number of rotatable bonds is 1. The molecule has 1 aliphatic rings. The van der Waals surface area contributed by atoms with Crippen LogP contribution >= 0.6 is 0 Å². The summed E-state index contributed by atoms with van der Waals surface area (Å²) in [5.41, 5.74) is 7.02. The van der Waals surface area contributed by atoms with Crippen molar-refractivity contribution >= 4 is 5.69 Å². The Hall–Kier alpha value is -3.05. The maximum Gasteiger partial charge on any atom is 0.143 e. The highest BCUT2D eigenvalue weighted by molar-refractivity contribution is 5.75. The molecule has 0 saturated carbocycles. The van der Waals surface area contributed by atoms with E-state index in [-0.39, 0.29) is 6.04 Å². The van der Waals surface area contributed by atoms with E-state index in [1.807, 2.05) is 12.1 Å². The molecule has 0 N–H and O–H groups in total. The normalized spacial score (nSPS) is 15.8. The van der Waals surface area contributed by atoms with Gasteiger partial charge in [-0.3, -0.25) is 0 Å². The van der Waals surface area contributed by atoms with Crippen LogP contribution in [0.1, 0.15) is 22.7 Å². The van der Waals surface area contributed by atoms with Crippen LogP contribution in [0.25, 0.3) is 11.1 Å². The minimum absolute atomic E-state index is 0.295. The monoisotopic (exact) mass is 310 g/mol. The number of nitrogens with zero attached hydrogens (tertiary/aromatic N) is 2. The first-order valence-corrected chi connectivity index (χ1v) is 8.18. The van der Waals surface area contributed by atoms with Gasteiger partial charge in [-0.1, -0.05) is 66.2 Å². The van der Waals surface area contributed by atoms with E-state index in [1.165, 1.54) is 16.7 Å². The molecule has 1 heterocycles. The molecule has 0 amide bonds. The number of aryl methyl sites for hydroxylation is 1. The van der Waals surface area contributed by atoms with Crippen LogP contribution in [-0.4, -0.2) is 0 Å². The average Bonchev–Trinajstić information content (AvgIpc) is 2.77. The summed E-state index contributed by atoms with van der Waals surface area (Å²) in [6.07, 6.45) is 0. The fraction of sp³-hybridized carbons (Fsp3) is 0.136. The quantitative estimate of drug-likeness (QED) is 0.614. The lowest BCUT2D eigenvalue weighted by atomic mass is 9.94. The minimum Gasteiger partial charge on any atom is -0.348 e. The Morgan fingerprint density at radius 2 is 1.54 bits per heavy atom. The summed E-state index contributed by atoms with van der Waals surface area (Å²) in [5, 5.41) is 9.94. The van der Waals surface area contributed by atoms with E-state index in [1.54, 1.807) is 0 Å². The molecule has 1 unspecified atom stereocenters. The van der Waals surface area contributed by atoms with Gasteiger partial charge in [0, 0.05) is 12.2 Å². The molecule has 0 spiro atoms. The summed E-state index contributed by atoms with van der Waals surface area (Å²) in [6, 6.07) is 27.4. The zero-order valence-electron chi connectivity index (χ0n) is 13.6. The van der Waals surface area contributed by atoms with Gasteiger partial charge < -0.3 is 4.90 Å². The van der Waals surface area contributed by atoms with Crippen LogP contribution in [0.5, 0.6) is 0 Å². The number of hydrogen-bond acceptors (Lipinski definition) is 2. The van der Waals surface area contributed by atoms with Crippen LogP contribution in [0.2, 0.25) is 0 Å². The summed E-state index contributed by atoms with van der Waals surface area (Å²) in [5.74, 6) is 0. The van der Waals surface area contributed by atoms with Crippen molar-refractivity contribution in [2.75, 3.05) is 4.90 Å². The number of hydrogen-bond donors (Lipinski definition) is 0. The van der Waals surface area contributed by atoms with Gasteiger partial charge in [0.1, 0.15) is 6.04 Å². The molecule has 2 nitrogen and oxygen atoms in total. The van der Waals surface area contributed by atoms with Gasteiger partial charge in [0.2, 0.25) is 0 Å². The predicted octanol–water partition coefficient (Wildman–Crippen LogP) is 5.25. The molecule has 0 aliphatic carbocycles. The molecule has 0 aromatic heterocycles. The molecule has 0 fully saturated rings. The van der Waals surface area contributed by atoms with E-state index in [0.29, 0.717) is 0 Å². The number of anilines is 1. The standard InChI is InChI=1S/C22H18N2/c1-16-10-12-18(13-11-16)24-15-17-6-2-3-7-19(17)20-8-4-5-9-21(20)22(24)14-23/h2-13,22H,15H2,1H3. The Kier molecular flexibility index (Phi) is 3.55. The maximum atomic E-state index is 9.94. The summed E-state index contributed by atoms with van der Waals surface area (Å²) in [7, 11) is 0. The molecule has 0 bridgehead atoms. The van der Waals surface area contributed by atoms with Crippen molar-refractivity contribution in [1.29, 1.82) is 5.26 Å². The Morgan fingerprint density at radius 3 is 2.29 bits per heavy atom. The molecule has 116 valence electrons. The highest BCUT2D eigenvalue weighted by Gasteiger charge is 2.28. The van der Waals surface area contributed by atoms with Gasteiger partial charge in [0.05, 0.1) is 6.07 Å². The first-order chi connectivity index (χ1) is 11.8. The van der Waals surface area contributed by atoms with Crippen LogP contribution in [0.15, 0.2) is 72.8 Å². The van der Waals surface area contributed by atoms with Crippen LogP contribution in [-0.2, 0) is 6.54 Å². The van der Waals surface area contributed by atoms with Gasteiger partial charge in [0.25, 0.3) is 0 Å². The maximum absolute atomic E-state index is 9.94. The highest BCUT2D eigenvalue weighted by atomic mass is 15.2. The molecular weight excluding hydrogens is 292 g/mol. The van der Waals surface area contributed by atoms with Gasteiger partial charge >= 0.3 is 0 Å². The van der Waals surface area contributed by atoms with Crippen molar-refractivity contribution in [3.63, 3.8) is 0 Å². The third kappa shape index (κ3) is 2.35. The third-order valence-corrected chi connectivity index (χ3v) is 4.70. The average molecular weight is 310 g/mol. The lowest BCUT2D eigenvalue weighted by Gasteiger charge is -2.28. The Morgan fingerprint density at radius 1 is 0.875 bits per heavy atom. The molecule has 2 heteroatoms. The summed E-state index contributed by atoms with van der Waals surface area (Å²) in [4.78, 5) is 2.20. The smallest absolute Gasteiger partial charge is 0.143 e. The molecule has 1 aliphatic heterocycles. The van der Waals surface area contributed by atoms with Crippen LogP contribution in [0.4, 0.5) is 5.69 Å². The van der Waals surface area contributed by atoms with Gasteiger partial charge in [-0.05, 0) is 41.3 Å². The lowest BCUT2D eigenvalue weighted by Crippen LogP contribution is -2.26. The Bertz CT molecular complexity index is 919. The second-order valence-electron chi connectivity index (χ2n) is 6.24. The second kappa shape index (κ2) is 5.86. The van der Waals surface area contributed by atoms with Crippen LogP contribution in [0, 0.1) is 18.3 Å². The Balaban J connectivity index is 1.94. The first-order valence-electron chi connectivity index (χ1n) is 8.18. The molecule has 24 heavy (non-hydrogen) atoms. The largest absolute Gasteiger partial charge is 0.348 e. The summed E-state index contributed by atoms with van der Waals surface area (Å²) >= 11 is 0. The zero-order chi connectivity index (χ0) is 16.5. The van der Waals surface area contributed by atoms with Gasteiger partial charge in [-0.15, -0.1) is 0 Å². The predicted molar refractivity (Wildman–Crippen MR) is 97.6 cm³/mol. The van der Waals surface area contributed by atoms with E-state index in [4.69, 9.17) is 0 Å². The van der Waals surface area contributed by atoms with E-state index < -0.39 is 0 Å². The molecule has 4 rings (SSSR count). The number of benzene rings is 3. The van der Waals surface area contributed by atoms with Crippen molar-refractivity contribution in [1.82, 2.24) is 0 Å². The molecular formula is C22H18N2. The molecule has 3 aromatic rings. The molecule has 1 atom stereocenters. The van der Waals surface area contributed by atoms with Crippen molar-refractivity contribution in [2.45, 2.75) is 19.5 Å². The molecule has 0 saturated heterocycles. The number of nitriles is 1. The first kappa shape index (κ1) is 14.5. The fourth-order valence-electron chi connectivity index (χ4n) is 3.46. The Labute approximate surface area is 142 Å². The van der Waals surface area contributed by atoms with Gasteiger partial charge in [0.15, 0.2) is 0 Å².